The standard InChI is InChI=1S/C18H23O2P/c1-13(2)19-15-9-5-7-11-17(15)21-18-12-8-6-10-16(18)20-14(3)4/h5-14,21H,1-4H3. The van der Waals surface area contributed by atoms with Gasteiger partial charge in [0.25, 0.3) is 0 Å². The van der Waals surface area contributed by atoms with Crippen LogP contribution >= 0.6 is 8.58 Å². The first-order valence-corrected chi connectivity index (χ1v) is 8.34. The average Bonchev–Trinajstić information content (AvgIpc) is 2.42. The Morgan fingerprint density at radius 2 is 1.05 bits per heavy atom. The molecule has 0 aliphatic carbocycles. The fourth-order valence-electron chi connectivity index (χ4n) is 2.00. The molecule has 112 valence electrons. The maximum atomic E-state index is 5.90. The number of hydrogen-bond acceptors (Lipinski definition) is 2. The Kier molecular flexibility index (Phi) is 5.64. The van der Waals surface area contributed by atoms with E-state index in [2.05, 4.69) is 52.0 Å². The van der Waals surface area contributed by atoms with E-state index in [-0.39, 0.29) is 12.2 Å². The molecule has 3 heteroatoms. The van der Waals surface area contributed by atoms with Gasteiger partial charge < -0.3 is 9.47 Å². The highest BCUT2D eigenvalue weighted by molar-refractivity contribution is 7.56. The summed E-state index contributed by atoms with van der Waals surface area (Å²) in [6, 6.07) is 16.5. The predicted molar refractivity (Wildman–Crippen MR) is 92.0 cm³/mol. The summed E-state index contributed by atoms with van der Waals surface area (Å²) in [5, 5.41) is 2.43. The van der Waals surface area contributed by atoms with Crippen LogP contribution in [0.3, 0.4) is 0 Å². The lowest BCUT2D eigenvalue weighted by Gasteiger charge is -2.17. The van der Waals surface area contributed by atoms with E-state index in [9.17, 15) is 0 Å². The van der Waals surface area contributed by atoms with E-state index in [1.165, 1.54) is 10.6 Å². The second-order valence-corrected chi connectivity index (χ2v) is 6.78. The third-order valence-electron chi connectivity index (χ3n) is 2.77. The fourth-order valence-corrected chi connectivity index (χ4v) is 3.18. The molecule has 0 fully saturated rings. The maximum Gasteiger partial charge on any atom is 0.127 e. The summed E-state index contributed by atoms with van der Waals surface area (Å²) in [4.78, 5) is 0. The predicted octanol–water partition coefficient (Wildman–Crippen LogP) is 3.89. The molecule has 0 saturated carbocycles. The first kappa shape index (κ1) is 15.9. The van der Waals surface area contributed by atoms with Crippen LogP contribution in [-0.4, -0.2) is 12.2 Å². The second kappa shape index (κ2) is 7.47. The molecule has 0 amide bonds. The maximum absolute atomic E-state index is 5.90. The summed E-state index contributed by atoms with van der Waals surface area (Å²) in [5.41, 5.74) is 0. The van der Waals surface area contributed by atoms with Gasteiger partial charge in [-0.3, -0.25) is 0 Å². The molecular weight excluding hydrogens is 279 g/mol. The number of hydrogen-bond donors (Lipinski definition) is 0. The molecule has 2 rings (SSSR count). The molecule has 0 unspecified atom stereocenters. The zero-order valence-electron chi connectivity index (χ0n) is 13.1. The Morgan fingerprint density at radius 3 is 1.43 bits per heavy atom. The molecule has 2 aromatic carbocycles. The first-order chi connectivity index (χ1) is 10.1. The van der Waals surface area contributed by atoms with Gasteiger partial charge >= 0.3 is 0 Å². The largest absolute Gasteiger partial charge is 0.490 e. The number of benzene rings is 2. The third kappa shape index (κ3) is 4.75. The van der Waals surface area contributed by atoms with Gasteiger partial charge in [0.15, 0.2) is 0 Å². The molecule has 0 aromatic heterocycles. The normalized spacial score (nSPS) is 11.0. The lowest BCUT2D eigenvalue weighted by atomic mass is 10.3. The SMILES string of the molecule is CC(C)Oc1ccccc1Pc1ccccc1OC(C)C. The van der Waals surface area contributed by atoms with E-state index in [0.29, 0.717) is 8.58 Å². The van der Waals surface area contributed by atoms with Gasteiger partial charge in [-0.05, 0) is 39.8 Å². The van der Waals surface area contributed by atoms with Crippen molar-refractivity contribution in [2.45, 2.75) is 39.9 Å². The van der Waals surface area contributed by atoms with E-state index in [4.69, 9.17) is 9.47 Å². The van der Waals surface area contributed by atoms with Crippen LogP contribution < -0.4 is 20.1 Å². The van der Waals surface area contributed by atoms with Crippen LogP contribution in [-0.2, 0) is 0 Å². The van der Waals surface area contributed by atoms with Crippen molar-refractivity contribution in [3.05, 3.63) is 48.5 Å². The minimum Gasteiger partial charge on any atom is -0.490 e. The van der Waals surface area contributed by atoms with Gasteiger partial charge in [-0.15, -0.1) is 0 Å². The van der Waals surface area contributed by atoms with Crippen molar-refractivity contribution in [2.24, 2.45) is 0 Å². The number of para-hydroxylation sites is 2. The molecule has 0 heterocycles. The summed E-state index contributed by atoms with van der Waals surface area (Å²) in [5.74, 6) is 1.93. The Bertz CT molecular complexity index is 527. The monoisotopic (exact) mass is 302 g/mol. The van der Waals surface area contributed by atoms with Crippen molar-refractivity contribution in [1.29, 1.82) is 0 Å². The van der Waals surface area contributed by atoms with Gasteiger partial charge in [-0.25, -0.2) is 0 Å². The first-order valence-electron chi connectivity index (χ1n) is 7.34. The van der Waals surface area contributed by atoms with Crippen molar-refractivity contribution in [1.82, 2.24) is 0 Å². The van der Waals surface area contributed by atoms with E-state index in [1.54, 1.807) is 0 Å². The van der Waals surface area contributed by atoms with E-state index in [0.717, 1.165) is 11.5 Å². The van der Waals surface area contributed by atoms with Crippen LogP contribution in [0.1, 0.15) is 27.7 Å². The van der Waals surface area contributed by atoms with Crippen molar-refractivity contribution in [2.75, 3.05) is 0 Å². The van der Waals surface area contributed by atoms with Gasteiger partial charge in [-0.1, -0.05) is 45.0 Å². The van der Waals surface area contributed by atoms with Gasteiger partial charge in [0, 0.05) is 10.6 Å². The zero-order valence-corrected chi connectivity index (χ0v) is 14.1. The van der Waals surface area contributed by atoms with Gasteiger partial charge in [0.2, 0.25) is 0 Å². The molecular formula is C18H23O2P. The Balaban J connectivity index is 2.26. The van der Waals surface area contributed by atoms with Gasteiger partial charge in [0.1, 0.15) is 11.5 Å². The van der Waals surface area contributed by atoms with E-state index >= 15 is 0 Å². The molecule has 21 heavy (non-hydrogen) atoms. The van der Waals surface area contributed by atoms with Crippen LogP contribution in [0.25, 0.3) is 0 Å². The second-order valence-electron chi connectivity index (χ2n) is 5.45. The minimum absolute atomic E-state index is 0.179. The Hall–Kier alpha value is -1.53. The quantitative estimate of drug-likeness (QED) is 0.754. The van der Waals surface area contributed by atoms with Crippen molar-refractivity contribution in [3.63, 3.8) is 0 Å². The summed E-state index contributed by atoms with van der Waals surface area (Å²) in [6.45, 7) is 8.21. The molecule has 0 radical (unpaired) electrons. The number of rotatable bonds is 6. The molecule has 2 aromatic rings. The van der Waals surface area contributed by atoms with Crippen LogP contribution in [0.4, 0.5) is 0 Å². The Labute approximate surface area is 129 Å². The summed E-state index contributed by atoms with van der Waals surface area (Å²) < 4.78 is 11.8. The molecule has 0 spiro atoms. The molecule has 0 saturated heterocycles. The lowest BCUT2D eigenvalue weighted by molar-refractivity contribution is 0.244. The van der Waals surface area contributed by atoms with Crippen molar-refractivity contribution >= 4 is 19.2 Å². The third-order valence-corrected chi connectivity index (χ3v) is 4.13. The Morgan fingerprint density at radius 1 is 0.667 bits per heavy atom. The van der Waals surface area contributed by atoms with Crippen LogP contribution in [0.15, 0.2) is 48.5 Å². The highest BCUT2D eigenvalue weighted by Crippen LogP contribution is 2.24. The number of ether oxygens (including phenoxy) is 2. The van der Waals surface area contributed by atoms with Gasteiger partial charge in [-0.2, -0.15) is 0 Å². The molecule has 0 N–H and O–H groups in total. The van der Waals surface area contributed by atoms with Gasteiger partial charge in [0.05, 0.1) is 12.2 Å². The summed E-state index contributed by atoms with van der Waals surface area (Å²) in [6.07, 6.45) is 0.358. The highest BCUT2D eigenvalue weighted by atomic mass is 31.1. The van der Waals surface area contributed by atoms with Crippen LogP contribution in [0.5, 0.6) is 11.5 Å². The minimum atomic E-state index is 0.179. The topological polar surface area (TPSA) is 18.5 Å². The highest BCUT2D eigenvalue weighted by Gasteiger charge is 2.10. The van der Waals surface area contributed by atoms with Crippen molar-refractivity contribution < 1.29 is 9.47 Å². The van der Waals surface area contributed by atoms with Crippen LogP contribution in [0, 0.1) is 0 Å². The molecule has 0 bridgehead atoms. The zero-order chi connectivity index (χ0) is 15.2. The smallest absolute Gasteiger partial charge is 0.127 e. The molecule has 0 aliphatic rings. The summed E-state index contributed by atoms with van der Waals surface area (Å²) >= 11 is 0. The molecule has 2 nitrogen and oxygen atoms in total. The molecule has 0 atom stereocenters. The molecule has 0 aliphatic heterocycles. The lowest BCUT2D eigenvalue weighted by Crippen LogP contribution is -2.16. The van der Waals surface area contributed by atoms with Crippen LogP contribution in [0.2, 0.25) is 0 Å². The van der Waals surface area contributed by atoms with E-state index in [1.807, 2.05) is 24.3 Å². The fraction of sp³-hybridized carbons (Fsp3) is 0.333. The van der Waals surface area contributed by atoms with Crippen molar-refractivity contribution in [3.8, 4) is 11.5 Å². The average molecular weight is 302 g/mol. The van der Waals surface area contributed by atoms with E-state index < -0.39 is 0 Å². The summed E-state index contributed by atoms with van der Waals surface area (Å²) in [7, 11) is 0.523.